The highest BCUT2D eigenvalue weighted by Crippen LogP contribution is 2.36. The molecular weight excluding hydrogens is 354 g/mol. The third-order valence-electron chi connectivity index (χ3n) is 4.53. The van der Waals surface area contributed by atoms with Gasteiger partial charge in [-0.1, -0.05) is 0 Å². The molecule has 0 radical (unpaired) electrons. The molecular formula is C20H30F2N2O3. The molecule has 1 aliphatic heterocycles. The predicted octanol–water partition coefficient (Wildman–Crippen LogP) is 4.80. The monoisotopic (exact) mass is 384 g/mol. The summed E-state index contributed by atoms with van der Waals surface area (Å²) in [7, 11) is 0. The second-order valence-electron chi connectivity index (χ2n) is 8.19. The quantitative estimate of drug-likeness (QED) is 0.741. The highest BCUT2D eigenvalue weighted by atomic mass is 19.3. The molecule has 0 aliphatic carbocycles. The van der Waals surface area contributed by atoms with Crippen LogP contribution in [0.15, 0.2) is 18.2 Å². The summed E-state index contributed by atoms with van der Waals surface area (Å²) >= 11 is 0. The van der Waals surface area contributed by atoms with Crippen molar-refractivity contribution in [3.05, 3.63) is 23.8 Å². The maximum absolute atomic E-state index is 13.7. The number of carbonyl (C=O) groups excluding carboxylic acids is 1. The molecule has 7 heteroatoms. The highest BCUT2D eigenvalue weighted by molar-refractivity contribution is 5.68. The van der Waals surface area contributed by atoms with Crippen LogP contribution in [0.4, 0.5) is 19.3 Å². The summed E-state index contributed by atoms with van der Waals surface area (Å²) in [5.74, 6) is -2.45. The van der Waals surface area contributed by atoms with Crippen LogP contribution in [0.25, 0.3) is 0 Å². The lowest BCUT2D eigenvalue weighted by Crippen LogP contribution is -2.41. The van der Waals surface area contributed by atoms with E-state index in [2.05, 4.69) is 0 Å². The third kappa shape index (κ3) is 6.56. The smallest absolute Gasteiger partial charge is 0.410 e. The molecule has 1 aromatic rings. The van der Waals surface area contributed by atoms with E-state index in [0.717, 1.165) is 26.2 Å². The minimum atomic E-state index is -3.01. The van der Waals surface area contributed by atoms with Gasteiger partial charge in [0.15, 0.2) is 0 Å². The van der Waals surface area contributed by atoms with Gasteiger partial charge < -0.3 is 20.1 Å². The fourth-order valence-corrected chi connectivity index (χ4v) is 3.08. The Balaban J connectivity index is 1.81. The first-order valence-corrected chi connectivity index (χ1v) is 9.34. The number of carbonyl (C=O) groups is 1. The molecule has 1 aliphatic rings. The third-order valence-corrected chi connectivity index (χ3v) is 4.53. The van der Waals surface area contributed by atoms with Crippen LogP contribution in [0.2, 0.25) is 0 Å². The maximum Gasteiger partial charge on any atom is 0.410 e. The average Bonchev–Trinajstić information content (AvgIpc) is 2.54. The van der Waals surface area contributed by atoms with Crippen molar-refractivity contribution in [1.29, 1.82) is 0 Å². The van der Waals surface area contributed by atoms with Crippen molar-refractivity contribution in [2.24, 2.45) is 5.92 Å². The topological polar surface area (TPSA) is 64.8 Å². The standard InChI is InChI=1S/C20H30F2N2O3/c1-19(2,3)27-18(25)24-10-7-14(8-11-24)9-12-26-17-6-5-15(23)13-16(17)20(4,21)22/h5-6,13-14H,7-12,23H2,1-4H3. The second kappa shape index (κ2) is 8.31. The summed E-state index contributed by atoms with van der Waals surface area (Å²) in [6, 6.07) is 4.31. The van der Waals surface area contributed by atoms with Crippen LogP contribution < -0.4 is 10.5 Å². The van der Waals surface area contributed by atoms with Gasteiger partial charge in [-0.05, 0) is 64.2 Å². The second-order valence-corrected chi connectivity index (χ2v) is 8.19. The molecule has 1 amide bonds. The Morgan fingerprint density at radius 2 is 1.85 bits per heavy atom. The van der Waals surface area contributed by atoms with Gasteiger partial charge in [0, 0.05) is 25.7 Å². The van der Waals surface area contributed by atoms with Crippen molar-refractivity contribution in [1.82, 2.24) is 4.90 Å². The van der Waals surface area contributed by atoms with Crippen LogP contribution in [-0.4, -0.2) is 36.3 Å². The van der Waals surface area contributed by atoms with Gasteiger partial charge in [0.2, 0.25) is 0 Å². The van der Waals surface area contributed by atoms with Gasteiger partial charge in [-0.15, -0.1) is 0 Å². The molecule has 1 fully saturated rings. The van der Waals surface area contributed by atoms with Crippen molar-refractivity contribution in [3.63, 3.8) is 0 Å². The van der Waals surface area contributed by atoms with E-state index < -0.39 is 11.5 Å². The fraction of sp³-hybridized carbons (Fsp3) is 0.650. The number of rotatable bonds is 5. The predicted molar refractivity (Wildman–Crippen MR) is 101 cm³/mol. The lowest BCUT2D eigenvalue weighted by atomic mass is 9.94. The molecule has 2 N–H and O–H groups in total. The summed E-state index contributed by atoms with van der Waals surface area (Å²) in [5.41, 5.74) is 5.21. The van der Waals surface area contributed by atoms with Crippen LogP contribution in [0, 0.1) is 5.92 Å². The summed E-state index contributed by atoms with van der Waals surface area (Å²) in [4.78, 5) is 13.8. The summed E-state index contributed by atoms with van der Waals surface area (Å²) < 4.78 is 38.5. The number of ether oxygens (including phenoxy) is 2. The first-order valence-electron chi connectivity index (χ1n) is 9.34. The number of hydrogen-bond donors (Lipinski definition) is 1. The molecule has 0 unspecified atom stereocenters. The number of likely N-dealkylation sites (tertiary alicyclic amines) is 1. The molecule has 5 nitrogen and oxygen atoms in total. The number of nitrogen functional groups attached to an aromatic ring is 1. The molecule has 2 rings (SSSR count). The molecule has 1 saturated heterocycles. The van der Waals surface area contributed by atoms with Crippen LogP contribution in [0.3, 0.4) is 0 Å². The summed E-state index contributed by atoms with van der Waals surface area (Å²) in [6.45, 7) is 8.01. The molecule has 0 atom stereocenters. The lowest BCUT2D eigenvalue weighted by molar-refractivity contribution is 0.0142. The number of amides is 1. The van der Waals surface area contributed by atoms with Gasteiger partial charge in [0.25, 0.3) is 5.92 Å². The lowest BCUT2D eigenvalue weighted by Gasteiger charge is -2.33. The number of hydrogen-bond acceptors (Lipinski definition) is 4. The van der Waals surface area contributed by atoms with Crippen molar-refractivity contribution < 1.29 is 23.0 Å². The molecule has 152 valence electrons. The van der Waals surface area contributed by atoms with Crippen molar-refractivity contribution in [3.8, 4) is 5.75 Å². The van der Waals surface area contributed by atoms with Gasteiger partial charge in [-0.2, -0.15) is 0 Å². The molecule has 0 saturated carbocycles. The molecule has 0 aromatic heterocycles. The zero-order valence-corrected chi connectivity index (χ0v) is 16.6. The Morgan fingerprint density at radius 3 is 2.41 bits per heavy atom. The van der Waals surface area contributed by atoms with E-state index in [0.29, 0.717) is 25.6 Å². The van der Waals surface area contributed by atoms with E-state index in [9.17, 15) is 13.6 Å². The van der Waals surface area contributed by atoms with Crippen molar-refractivity contribution in [2.45, 2.75) is 58.5 Å². The molecule has 27 heavy (non-hydrogen) atoms. The van der Waals surface area contributed by atoms with Gasteiger partial charge in [-0.3, -0.25) is 0 Å². The normalized spacial score (nSPS) is 16.3. The van der Waals surface area contributed by atoms with Crippen LogP contribution in [0.1, 0.15) is 52.5 Å². The Kier molecular flexibility index (Phi) is 6.54. The van der Waals surface area contributed by atoms with Crippen molar-refractivity contribution >= 4 is 11.8 Å². The van der Waals surface area contributed by atoms with Gasteiger partial charge in [0.05, 0.1) is 12.2 Å². The van der Waals surface area contributed by atoms with Crippen LogP contribution in [0.5, 0.6) is 5.75 Å². The fourth-order valence-electron chi connectivity index (χ4n) is 3.08. The number of nitrogens with two attached hydrogens (primary N) is 1. The average molecular weight is 384 g/mol. The number of piperidine rings is 1. The Labute approximate surface area is 159 Å². The van der Waals surface area contributed by atoms with Crippen LogP contribution in [-0.2, 0) is 10.7 Å². The first kappa shape index (κ1) is 21.3. The first-order chi connectivity index (χ1) is 12.5. The highest BCUT2D eigenvalue weighted by Gasteiger charge is 2.29. The number of nitrogens with zero attached hydrogens (tertiary/aromatic N) is 1. The largest absolute Gasteiger partial charge is 0.493 e. The Hall–Kier alpha value is -2.05. The molecule has 0 bridgehead atoms. The minimum Gasteiger partial charge on any atom is -0.493 e. The van der Waals surface area contributed by atoms with Gasteiger partial charge in [0.1, 0.15) is 11.4 Å². The van der Waals surface area contributed by atoms with E-state index in [1.807, 2.05) is 20.8 Å². The Morgan fingerprint density at radius 1 is 1.22 bits per heavy atom. The van der Waals surface area contributed by atoms with E-state index in [-0.39, 0.29) is 23.1 Å². The number of alkyl halides is 2. The van der Waals surface area contributed by atoms with E-state index in [1.54, 1.807) is 11.0 Å². The van der Waals surface area contributed by atoms with Crippen LogP contribution >= 0.6 is 0 Å². The molecule has 1 heterocycles. The zero-order valence-electron chi connectivity index (χ0n) is 16.6. The minimum absolute atomic E-state index is 0.169. The van der Waals surface area contributed by atoms with Gasteiger partial charge in [-0.25, -0.2) is 13.6 Å². The van der Waals surface area contributed by atoms with Crippen molar-refractivity contribution in [2.75, 3.05) is 25.4 Å². The summed E-state index contributed by atoms with van der Waals surface area (Å²) in [5, 5.41) is 0. The number of halogens is 2. The molecule has 0 spiro atoms. The van der Waals surface area contributed by atoms with Gasteiger partial charge >= 0.3 is 6.09 Å². The van der Waals surface area contributed by atoms with E-state index in [1.165, 1.54) is 12.1 Å². The Bertz CT molecular complexity index is 646. The van der Waals surface area contributed by atoms with E-state index in [4.69, 9.17) is 15.2 Å². The zero-order chi connectivity index (χ0) is 20.2. The SMILES string of the molecule is CC(C)(C)OC(=O)N1CCC(CCOc2ccc(N)cc2C(C)(F)F)CC1. The molecule has 1 aromatic carbocycles. The van der Waals surface area contributed by atoms with E-state index >= 15 is 0 Å². The number of anilines is 1. The maximum atomic E-state index is 13.7. The summed E-state index contributed by atoms with van der Waals surface area (Å²) in [6.07, 6.45) is 2.16. The number of benzene rings is 1.